The van der Waals surface area contributed by atoms with E-state index in [0.29, 0.717) is 23.4 Å². The fraction of sp³-hybridized carbons (Fsp3) is 0.214. The molecule has 0 radical (unpaired) electrons. The van der Waals surface area contributed by atoms with Crippen LogP contribution < -0.4 is 19.9 Å². The lowest BCUT2D eigenvalue weighted by molar-refractivity contribution is -0.120. The van der Waals surface area contributed by atoms with Gasteiger partial charge < -0.3 is 15.0 Å². The Labute approximate surface area is 200 Å². The van der Waals surface area contributed by atoms with E-state index in [2.05, 4.69) is 5.32 Å². The third-order valence-corrected chi connectivity index (χ3v) is 5.64. The van der Waals surface area contributed by atoms with Gasteiger partial charge in [0.05, 0.1) is 17.9 Å². The molecule has 0 saturated heterocycles. The minimum Gasteiger partial charge on any atom is -0.494 e. The van der Waals surface area contributed by atoms with Gasteiger partial charge in [0.1, 0.15) is 11.4 Å². The molecule has 4 rings (SSSR count). The minimum atomic E-state index is -0.383. The van der Waals surface area contributed by atoms with Gasteiger partial charge in [0.25, 0.3) is 11.8 Å². The largest absolute Gasteiger partial charge is 0.494 e. The number of ether oxygens (including phenoxy) is 1. The maximum atomic E-state index is 13.6. The zero-order valence-corrected chi connectivity index (χ0v) is 20.0. The topological polar surface area (TPSA) is 61.9 Å². The van der Waals surface area contributed by atoms with E-state index < -0.39 is 0 Å². The van der Waals surface area contributed by atoms with Gasteiger partial charge in [-0.05, 0) is 67.4 Å². The van der Waals surface area contributed by atoms with Crippen molar-refractivity contribution in [3.63, 3.8) is 0 Å². The van der Waals surface area contributed by atoms with E-state index in [1.54, 1.807) is 12.1 Å². The SMILES string of the molecule is CCCOc1ccc(C2=C(Nc3ccc(N(C)C)cc3)C(=O)N(c3ccc(C)cc3)C2=O)cc1. The molecule has 1 heterocycles. The second-order valence-corrected chi connectivity index (χ2v) is 8.47. The van der Waals surface area contributed by atoms with Crippen LogP contribution in [0.3, 0.4) is 0 Å². The molecule has 0 saturated carbocycles. The first-order valence-corrected chi connectivity index (χ1v) is 11.4. The van der Waals surface area contributed by atoms with Crippen molar-refractivity contribution in [2.75, 3.05) is 35.8 Å². The van der Waals surface area contributed by atoms with Gasteiger partial charge in [-0.15, -0.1) is 0 Å². The second kappa shape index (κ2) is 9.83. The van der Waals surface area contributed by atoms with Gasteiger partial charge in [-0.3, -0.25) is 9.59 Å². The molecule has 1 aliphatic heterocycles. The Morgan fingerprint density at radius 2 is 1.50 bits per heavy atom. The number of nitrogens with one attached hydrogen (secondary N) is 1. The molecule has 6 heteroatoms. The van der Waals surface area contributed by atoms with E-state index in [-0.39, 0.29) is 17.5 Å². The van der Waals surface area contributed by atoms with Crippen LogP contribution in [0.5, 0.6) is 5.75 Å². The number of rotatable bonds is 8. The number of carbonyl (C=O) groups is 2. The first-order valence-electron chi connectivity index (χ1n) is 11.4. The average molecular weight is 456 g/mol. The highest BCUT2D eigenvalue weighted by Crippen LogP contribution is 2.34. The Bertz CT molecular complexity index is 1210. The zero-order valence-electron chi connectivity index (χ0n) is 20.0. The van der Waals surface area contributed by atoms with Crippen LogP contribution in [0.25, 0.3) is 5.57 Å². The van der Waals surface area contributed by atoms with Crippen molar-refractivity contribution < 1.29 is 14.3 Å². The van der Waals surface area contributed by atoms with Crippen molar-refractivity contribution >= 4 is 34.4 Å². The first-order chi connectivity index (χ1) is 16.4. The summed E-state index contributed by atoms with van der Waals surface area (Å²) in [6, 6.07) is 22.4. The predicted molar refractivity (Wildman–Crippen MR) is 137 cm³/mol. The molecule has 1 aliphatic rings. The molecule has 0 aromatic heterocycles. The standard InChI is InChI=1S/C28H29N3O3/c1-5-18-34-24-16-8-20(9-17-24)25-26(29-21-10-14-22(15-11-21)30(3)4)28(33)31(27(25)32)23-12-6-19(2)7-13-23/h6-17,29H,5,18H2,1-4H3. The monoisotopic (exact) mass is 455 g/mol. The van der Waals surface area contributed by atoms with Gasteiger partial charge in [0, 0.05) is 25.5 Å². The quantitative estimate of drug-likeness (QED) is 0.470. The molecule has 0 atom stereocenters. The summed E-state index contributed by atoms with van der Waals surface area (Å²) < 4.78 is 5.68. The number of hydrogen-bond donors (Lipinski definition) is 1. The molecule has 34 heavy (non-hydrogen) atoms. The van der Waals surface area contributed by atoms with Crippen LogP contribution in [0.1, 0.15) is 24.5 Å². The van der Waals surface area contributed by atoms with Crippen LogP contribution in [0.2, 0.25) is 0 Å². The van der Waals surface area contributed by atoms with E-state index in [4.69, 9.17) is 4.74 Å². The van der Waals surface area contributed by atoms with Gasteiger partial charge in [0.15, 0.2) is 0 Å². The lowest BCUT2D eigenvalue weighted by Gasteiger charge is -2.16. The fourth-order valence-electron chi connectivity index (χ4n) is 3.77. The van der Waals surface area contributed by atoms with Crippen LogP contribution >= 0.6 is 0 Å². The van der Waals surface area contributed by atoms with Crippen LogP contribution in [0.4, 0.5) is 17.1 Å². The average Bonchev–Trinajstić information content (AvgIpc) is 3.08. The molecule has 174 valence electrons. The number of imide groups is 1. The normalized spacial score (nSPS) is 13.5. The Kier molecular flexibility index (Phi) is 6.68. The van der Waals surface area contributed by atoms with E-state index in [1.165, 1.54) is 4.90 Å². The number of anilines is 3. The molecule has 0 unspecified atom stereocenters. The first kappa shape index (κ1) is 23.1. The summed E-state index contributed by atoms with van der Waals surface area (Å²) in [4.78, 5) is 30.3. The summed E-state index contributed by atoms with van der Waals surface area (Å²) >= 11 is 0. The maximum Gasteiger partial charge on any atom is 0.282 e. The summed E-state index contributed by atoms with van der Waals surface area (Å²) in [5, 5.41) is 3.21. The van der Waals surface area contributed by atoms with Crippen LogP contribution in [-0.2, 0) is 9.59 Å². The Morgan fingerprint density at radius 1 is 0.853 bits per heavy atom. The molecule has 3 aromatic carbocycles. The highest BCUT2D eigenvalue weighted by molar-refractivity contribution is 6.46. The van der Waals surface area contributed by atoms with Crippen molar-refractivity contribution in [2.45, 2.75) is 20.3 Å². The number of benzene rings is 3. The van der Waals surface area contributed by atoms with Crippen molar-refractivity contribution in [2.24, 2.45) is 0 Å². The summed E-state index contributed by atoms with van der Waals surface area (Å²) in [5.74, 6) is -0.0116. The van der Waals surface area contributed by atoms with Gasteiger partial charge in [-0.1, -0.05) is 36.8 Å². The number of carbonyl (C=O) groups excluding carboxylic acids is 2. The van der Waals surface area contributed by atoms with Gasteiger partial charge in [0.2, 0.25) is 0 Å². The molecule has 1 N–H and O–H groups in total. The summed E-state index contributed by atoms with van der Waals surface area (Å²) in [7, 11) is 3.94. The van der Waals surface area contributed by atoms with E-state index in [0.717, 1.165) is 29.1 Å². The highest BCUT2D eigenvalue weighted by Gasteiger charge is 2.40. The van der Waals surface area contributed by atoms with E-state index >= 15 is 0 Å². The lowest BCUT2D eigenvalue weighted by atomic mass is 10.0. The minimum absolute atomic E-state index is 0.255. The zero-order chi connectivity index (χ0) is 24.2. The summed E-state index contributed by atoms with van der Waals surface area (Å²) in [5.41, 5.74) is 4.61. The molecule has 3 aromatic rings. The Morgan fingerprint density at radius 3 is 2.09 bits per heavy atom. The van der Waals surface area contributed by atoms with E-state index in [1.807, 2.05) is 93.5 Å². The number of hydrogen-bond acceptors (Lipinski definition) is 5. The Hall–Kier alpha value is -4.06. The van der Waals surface area contributed by atoms with E-state index in [9.17, 15) is 9.59 Å². The van der Waals surface area contributed by atoms with Crippen molar-refractivity contribution in [1.82, 2.24) is 0 Å². The summed E-state index contributed by atoms with van der Waals surface area (Å²) in [6.45, 7) is 4.63. The highest BCUT2D eigenvalue weighted by atomic mass is 16.5. The number of aryl methyl sites for hydroxylation is 1. The molecule has 0 aliphatic carbocycles. The molecular formula is C28H29N3O3. The van der Waals surface area contributed by atoms with Crippen LogP contribution in [0.15, 0.2) is 78.5 Å². The maximum absolute atomic E-state index is 13.6. The number of amides is 2. The predicted octanol–water partition coefficient (Wildman–Crippen LogP) is 5.25. The molecule has 2 amide bonds. The van der Waals surface area contributed by atoms with Crippen molar-refractivity contribution in [1.29, 1.82) is 0 Å². The third-order valence-electron chi connectivity index (χ3n) is 5.64. The van der Waals surface area contributed by atoms with Gasteiger partial charge in [-0.2, -0.15) is 0 Å². The molecule has 6 nitrogen and oxygen atoms in total. The van der Waals surface area contributed by atoms with Gasteiger partial charge >= 0.3 is 0 Å². The number of nitrogens with zero attached hydrogens (tertiary/aromatic N) is 2. The van der Waals surface area contributed by atoms with Crippen LogP contribution in [0, 0.1) is 6.92 Å². The molecule has 0 fully saturated rings. The summed E-state index contributed by atoms with van der Waals surface area (Å²) in [6.07, 6.45) is 0.909. The Balaban J connectivity index is 1.73. The molecule has 0 spiro atoms. The molecular weight excluding hydrogens is 426 g/mol. The van der Waals surface area contributed by atoms with Gasteiger partial charge in [-0.25, -0.2) is 4.90 Å². The van der Waals surface area contributed by atoms with Crippen molar-refractivity contribution in [3.05, 3.63) is 89.6 Å². The fourth-order valence-corrected chi connectivity index (χ4v) is 3.77. The smallest absolute Gasteiger partial charge is 0.282 e. The second-order valence-electron chi connectivity index (χ2n) is 8.47. The van der Waals surface area contributed by atoms with Crippen molar-refractivity contribution in [3.8, 4) is 5.75 Å². The lowest BCUT2D eigenvalue weighted by Crippen LogP contribution is -2.32. The van der Waals surface area contributed by atoms with Crippen LogP contribution in [-0.4, -0.2) is 32.5 Å². The molecule has 0 bridgehead atoms. The third kappa shape index (κ3) is 4.66.